The number of nitrogens with one attached hydrogen (secondary N) is 4. The Morgan fingerprint density at radius 3 is 2.36 bits per heavy atom. The van der Waals surface area contributed by atoms with Gasteiger partial charge in [0.2, 0.25) is 0 Å². The number of benzene rings is 2. The molecule has 1 saturated carbocycles. The van der Waals surface area contributed by atoms with Crippen LogP contribution in [-0.4, -0.2) is 51.6 Å². The van der Waals surface area contributed by atoms with E-state index in [4.69, 9.17) is 18.7 Å². The Kier molecular flexibility index (Phi) is 6.47. The lowest BCUT2D eigenvalue weighted by Crippen LogP contribution is -2.17. The molecule has 0 spiro atoms. The summed E-state index contributed by atoms with van der Waals surface area (Å²) in [6.45, 7) is 0.903. The Hall–Kier alpha value is -3.97. The van der Waals surface area contributed by atoms with Gasteiger partial charge in [-0.3, -0.25) is 9.82 Å². The van der Waals surface area contributed by atoms with E-state index in [-0.39, 0.29) is 28.3 Å². The number of hydrogen-bond donors (Lipinski definition) is 4. The van der Waals surface area contributed by atoms with Gasteiger partial charge in [0.05, 0.1) is 38.1 Å². The molecule has 39 heavy (non-hydrogen) atoms. The molecule has 2 fully saturated rings. The average Bonchev–Trinajstić information content (AvgIpc) is 3.29. The molecule has 12 nitrogen and oxygen atoms in total. The SMILES string of the molecule is COc1cc2c(NS(=O)(=O)c3c(OC)cc(C4CCCN4)cc3OC)noc2cc1Nc1cc(C2CC2)n[nH]1. The minimum atomic E-state index is -4.19. The monoisotopic (exact) mass is 554 g/mol. The van der Waals surface area contributed by atoms with E-state index in [1.54, 1.807) is 24.3 Å². The summed E-state index contributed by atoms with van der Waals surface area (Å²) < 4.78 is 51.9. The van der Waals surface area contributed by atoms with E-state index in [9.17, 15) is 8.42 Å². The Labute approximate surface area is 225 Å². The van der Waals surface area contributed by atoms with Gasteiger partial charge >= 0.3 is 0 Å². The number of rotatable bonds is 10. The fraction of sp³-hybridized carbons (Fsp3) is 0.385. The fourth-order valence-electron chi connectivity index (χ4n) is 4.95. The van der Waals surface area contributed by atoms with Gasteiger partial charge < -0.3 is 29.4 Å². The molecule has 1 atom stereocenters. The number of H-pyrrole nitrogens is 1. The normalized spacial score (nSPS) is 17.4. The van der Waals surface area contributed by atoms with Crippen molar-refractivity contribution in [1.29, 1.82) is 0 Å². The highest BCUT2D eigenvalue weighted by atomic mass is 32.2. The highest BCUT2D eigenvalue weighted by molar-refractivity contribution is 7.93. The van der Waals surface area contributed by atoms with Gasteiger partial charge in [-0.15, -0.1) is 0 Å². The molecule has 1 unspecified atom stereocenters. The molecular formula is C26H30N6O6S. The molecule has 206 valence electrons. The van der Waals surface area contributed by atoms with E-state index in [1.165, 1.54) is 21.3 Å². The molecule has 2 aromatic carbocycles. The number of ether oxygens (including phenoxy) is 3. The third kappa shape index (κ3) is 4.83. The van der Waals surface area contributed by atoms with Crippen LogP contribution in [0.5, 0.6) is 17.2 Å². The summed E-state index contributed by atoms with van der Waals surface area (Å²) in [5.41, 5.74) is 2.89. The molecule has 2 aliphatic rings. The highest BCUT2D eigenvalue weighted by Crippen LogP contribution is 2.42. The number of fused-ring (bicyclic) bond motifs is 1. The van der Waals surface area contributed by atoms with Gasteiger partial charge in [0.25, 0.3) is 10.0 Å². The summed E-state index contributed by atoms with van der Waals surface area (Å²) in [7, 11) is 0.196. The lowest BCUT2D eigenvalue weighted by atomic mass is 10.0. The van der Waals surface area contributed by atoms with E-state index in [0.29, 0.717) is 34.1 Å². The number of aromatic nitrogens is 3. The lowest BCUT2D eigenvalue weighted by molar-refractivity contribution is 0.371. The molecule has 0 radical (unpaired) electrons. The van der Waals surface area contributed by atoms with Gasteiger partial charge in [-0.05, 0) is 56.0 Å². The second-order valence-corrected chi connectivity index (χ2v) is 11.3. The van der Waals surface area contributed by atoms with Crippen molar-refractivity contribution in [3.8, 4) is 17.2 Å². The average molecular weight is 555 g/mol. The molecule has 0 amide bonds. The molecule has 6 rings (SSSR count). The van der Waals surface area contributed by atoms with Crippen molar-refractivity contribution in [2.75, 3.05) is 37.9 Å². The number of methoxy groups -OCH3 is 3. The summed E-state index contributed by atoms with van der Waals surface area (Å²) in [5, 5.41) is 18.4. The van der Waals surface area contributed by atoms with Crippen molar-refractivity contribution in [2.45, 2.75) is 42.5 Å². The first-order valence-corrected chi connectivity index (χ1v) is 14.2. The minimum Gasteiger partial charge on any atom is -0.495 e. The van der Waals surface area contributed by atoms with Crippen LogP contribution in [0.3, 0.4) is 0 Å². The molecule has 1 aliphatic carbocycles. The van der Waals surface area contributed by atoms with Crippen LogP contribution in [0.2, 0.25) is 0 Å². The van der Waals surface area contributed by atoms with Crippen LogP contribution in [0.1, 0.15) is 48.9 Å². The zero-order valence-electron chi connectivity index (χ0n) is 21.8. The first-order chi connectivity index (χ1) is 18.9. The van der Waals surface area contributed by atoms with Crippen LogP contribution in [0, 0.1) is 0 Å². The second kappa shape index (κ2) is 9.97. The number of aromatic amines is 1. The van der Waals surface area contributed by atoms with Crippen molar-refractivity contribution in [3.05, 3.63) is 41.6 Å². The molecule has 4 aromatic rings. The van der Waals surface area contributed by atoms with E-state index in [1.807, 2.05) is 6.07 Å². The van der Waals surface area contributed by atoms with E-state index in [0.717, 1.165) is 43.5 Å². The Morgan fingerprint density at radius 2 is 1.72 bits per heavy atom. The zero-order valence-corrected chi connectivity index (χ0v) is 22.6. The molecule has 0 bridgehead atoms. The molecule has 2 aromatic heterocycles. The summed E-state index contributed by atoms with van der Waals surface area (Å²) in [6.07, 6.45) is 4.29. The molecule has 1 aliphatic heterocycles. The zero-order chi connectivity index (χ0) is 27.1. The first kappa shape index (κ1) is 25.3. The van der Waals surface area contributed by atoms with Gasteiger partial charge in [0, 0.05) is 24.1 Å². The molecule has 1 saturated heterocycles. The molecular weight excluding hydrogens is 524 g/mol. The summed E-state index contributed by atoms with van der Waals surface area (Å²) in [6, 6.07) is 8.89. The van der Waals surface area contributed by atoms with Crippen LogP contribution in [0.15, 0.2) is 39.8 Å². The smallest absolute Gasteiger partial charge is 0.270 e. The van der Waals surface area contributed by atoms with Crippen LogP contribution in [0.4, 0.5) is 17.3 Å². The standard InChI is InChI=1S/C26H30N6O6S/c1-35-21-11-16-20(12-19(21)28-24-13-18(29-30-24)14-6-7-14)38-31-26(16)32-39(33,34)25-22(36-2)9-15(10-23(25)37-3)17-5-4-8-27-17/h9-14,17,27H,4-8H2,1-3H3,(H,31,32)(H2,28,29,30). The fourth-order valence-corrected chi connectivity index (χ4v) is 6.27. The van der Waals surface area contributed by atoms with E-state index < -0.39 is 10.0 Å². The van der Waals surface area contributed by atoms with Crippen molar-refractivity contribution in [3.63, 3.8) is 0 Å². The third-order valence-corrected chi connectivity index (χ3v) is 8.50. The maximum atomic E-state index is 13.6. The molecule has 4 N–H and O–H groups in total. The first-order valence-electron chi connectivity index (χ1n) is 12.7. The third-order valence-electron chi connectivity index (χ3n) is 7.10. The second-order valence-electron chi connectivity index (χ2n) is 9.69. The van der Waals surface area contributed by atoms with E-state index in [2.05, 4.69) is 30.7 Å². The Bertz CT molecular complexity index is 1600. The Balaban J connectivity index is 1.32. The largest absolute Gasteiger partial charge is 0.495 e. The molecule has 13 heteroatoms. The predicted octanol–water partition coefficient (Wildman–Crippen LogP) is 4.42. The molecule has 3 heterocycles. The lowest BCUT2D eigenvalue weighted by Gasteiger charge is -2.18. The number of hydrogen-bond acceptors (Lipinski definition) is 10. The van der Waals surface area contributed by atoms with Crippen LogP contribution in [0.25, 0.3) is 11.0 Å². The number of sulfonamides is 1. The summed E-state index contributed by atoms with van der Waals surface area (Å²) >= 11 is 0. The van der Waals surface area contributed by atoms with Gasteiger partial charge in [-0.2, -0.15) is 5.10 Å². The topological polar surface area (TPSA) is 153 Å². The van der Waals surface area contributed by atoms with Crippen LogP contribution in [-0.2, 0) is 10.0 Å². The van der Waals surface area contributed by atoms with Crippen molar-refractivity contribution in [1.82, 2.24) is 20.7 Å². The maximum Gasteiger partial charge on any atom is 0.270 e. The van der Waals surface area contributed by atoms with Gasteiger partial charge in [-0.1, -0.05) is 5.16 Å². The van der Waals surface area contributed by atoms with Gasteiger partial charge in [-0.25, -0.2) is 8.42 Å². The van der Waals surface area contributed by atoms with Crippen molar-refractivity contribution < 1.29 is 27.2 Å². The maximum absolute atomic E-state index is 13.6. The predicted molar refractivity (Wildman–Crippen MR) is 145 cm³/mol. The van der Waals surface area contributed by atoms with E-state index >= 15 is 0 Å². The van der Waals surface area contributed by atoms with Gasteiger partial charge in [0.1, 0.15) is 23.1 Å². The van der Waals surface area contributed by atoms with Crippen LogP contribution < -0.4 is 29.6 Å². The minimum absolute atomic E-state index is 0.0121. The summed E-state index contributed by atoms with van der Waals surface area (Å²) in [5.74, 6) is 2.06. The highest BCUT2D eigenvalue weighted by Gasteiger charge is 2.30. The van der Waals surface area contributed by atoms with Crippen molar-refractivity contribution in [2.24, 2.45) is 0 Å². The quantitative estimate of drug-likeness (QED) is 0.222. The number of nitrogens with zero attached hydrogens (tertiary/aromatic N) is 2. The van der Waals surface area contributed by atoms with Crippen LogP contribution >= 0.6 is 0 Å². The van der Waals surface area contributed by atoms with Gasteiger partial charge in [0.15, 0.2) is 16.3 Å². The summed E-state index contributed by atoms with van der Waals surface area (Å²) in [4.78, 5) is -0.124. The Morgan fingerprint density at radius 1 is 0.974 bits per heavy atom. The van der Waals surface area contributed by atoms with Crippen molar-refractivity contribution >= 4 is 38.3 Å². The number of anilines is 3.